The van der Waals surface area contributed by atoms with E-state index in [-0.39, 0.29) is 5.78 Å². The molecule has 2 rings (SSSR count). The number of carbonyl (C=O) groups excluding carboxylic acids is 1. The van der Waals surface area contributed by atoms with E-state index in [4.69, 9.17) is 9.84 Å². The Kier molecular flexibility index (Phi) is 1.20. The highest BCUT2D eigenvalue weighted by atomic mass is 16.6. The lowest BCUT2D eigenvalue weighted by Gasteiger charge is -2.05. The minimum atomic E-state index is -0.958. The summed E-state index contributed by atoms with van der Waals surface area (Å²) in [5.41, 5.74) is 0.458. The van der Waals surface area contributed by atoms with Crippen LogP contribution in [0.15, 0.2) is 35.6 Å². The Balaban J connectivity index is 2.44. The number of carbonyl (C=O) groups is 1. The van der Waals surface area contributed by atoms with Gasteiger partial charge in [-0.1, -0.05) is 6.08 Å². The molecule has 56 valence electrons. The molecule has 1 aliphatic carbocycles. The van der Waals surface area contributed by atoms with Gasteiger partial charge in [-0.15, -0.1) is 0 Å². The maximum atomic E-state index is 11.0. The number of ketones is 1. The van der Waals surface area contributed by atoms with E-state index in [1.807, 2.05) is 0 Å². The lowest BCUT2D eigenvalue weighted by Crippen LogP contribution is -2.03. The lowest BCUT2D eigenvalue weighted by molar-refractivity contribution is -0.111. The first-order valence-electron chi connectivity index (χ1n) is 3.27. The van der Waals surface area contributed by atoms with Crippen LogP contribution in [0, 0.1) is 0 Å². The monoisotopic (exact) mass is 150 g/mol. The number of aliphatic hydroxyl groups excluding tert-OH is 1. The lowest BCUT2D eigenvalue weighted by atomic mass is 10.1. The highest BCUT2D eigenvalue weighted by molar-refractivity contribution is 6.08. The Morgan fingerprint density at radius 2 is 2.36 bits per heavy atom. The normalized spacial score (nSPS) is 27.4. The van der Waals surface area contributed by atoms with Crippen molar-refractivity contribution in [1.82, 2.24) is 0 Å². The Morgan fingerprint density at radius 3 is 3.09 bits per heavy atom. The SMILES string of the molecule is O=C1C=CC=C2OC(O)C=C12. The molecule has 3 heteroatoms. The zero-order valence-corrected chi connectivity index (χ0v) is 5.65. The van der Waals surface area contributed by atoms with Gasteiger partial charge in [0.15, 0.2) is 5.78 Å². The summed E-state index contributed by atoms with van der Waals surface area (Å²) in [6.45, 7) is 0. The van der Waals surface area contributed by atoms with E-state index >= 15 is 0 Å². The number of rotatable bonds is 0. The molecule has 11 heavy (non-hydrogen) atoms. The molecule has 0 saturated carbocycles. The third-order valence-corrected chi connectivity index (χ3v) is 1.58. The van der Waals surface area contributed by atoms with E-state index in [0.717, 1.165) is 0 Å². The molecule has 0 fully saturated rings. The minimum absolute atomic E-state index is 0.112. The van der Waals surface area contributed by atoms with Crippen LogP contribution in [-0.4, -0.2) is 17.2 Å². The van der Waals surface area contributed by atoms with E-state index in [0.29, 0.717) is 11.3 Å². The van der Waals surface area contributed by atoms with Gasteiger partial charge in [-0.05, 0) is 18.2 Å². The van der Waals surface area contributed by atoms with Crippen LogP contribution in [0.4, 0.5) is 0 Å². The van der Waals surface area contributed by atoms with Crippen LogP contribution in [0.25, 0.3) is 0 Å². The predicted molar refractivity (Wildman–Crippen MR) is 37.4 cm³/mol. The zero-order valence-electron chi connectivity index (χ0n) is 5.65. The van der Waals surface area contributed by atoms with Crippen LogP contribution in [0.2, 0.25) is 0 Å². The Morgan fingerprint density at radius 1 is 1.55 bits per heavy atom. The summed E-state index contributed by atoms with van der Waals surface area (Å²) in [6, 6.07) is 0. The summed E-state index contributed by atoms with van der Waals surface area (Å²) in [7, 11) is 0. The van der Waals surface area contributed by atoms with Gasteiger partial charge in [0, 0.05) is 0 Å². The van der Waals surface area contributed by atoms with Crippen molar-refractivity contribution in [2.45, 2.75) is 6.29 Å². The maximum absolute atomic E-state index is 11.0. The van der Waals surface area contributed by atoms with Crippen LogP contribution in [0.5, 0.6) is 0 Å². The second-order valence-electron chi connectivity index (χ2n) is 2.34. The first kappa shape index (κ1) is 6.37. The standard InChI is InChI=1S/C8H6O3/c9-6-2-1-3-7-5(6)4-8(10)11-7/h1-4,8,10H. The predicted octanol–water partition coefficient (Wildman–Crippen LogP) is 0.284. The number of fused-ring (bicyclic) bond motifs is 1. The molecule has 0 aromatic rings. The molecule has 0 aromatic carbocycles. The Labute approximate surface area is 63.3 Å². The molecule has 0 aromatic heterocycles. The van der Waals surface area contributed by atoms with Crippen molar-refractivity contribution in [3.63, 3.8) is 0 Å². The Bertz CT molecular complexity index is 296. The fourth-order valence-electron chi connectivity index (χ4n) is 1.10. The first-order chi connectivity index (χ1) is 5.27. The van der Waals surface area contributed by atoms with Crippen LogP contribution >= 0.6 is 0 Å². The molecule has 0 amide bonds. The van der Waals surface area contributed by atoms with E-state index in [9.17, 15) is 4.79 Å². The molecule has 0 spiro atoms. The Hall–Kier alpha value is -1.35. The average Bonchev–Trinajstić information content (AvgIpc) is 2.31. The molecule has 0 radical (unpaired) electrons. The molecule has 1 heterocycles. The molecule has 1 unspecified atom stereocenters. The van der Waals surface area contributed by atoms with Gasteiger partial charge in [0.05, 0.1) is 5.57 Å². The molecule has 1 atom stereocenters. The van der Waals surface area contributed by atoms with E-state index in [1.54, 1.807) is 12.2 Å². The smallest absolute Gasteiger partial charge is 0.218 e. The quantitative estimate of drug-likeness (QED) is 0.539. The summed E-state index contributed by atoms with van der Waals surface area (Å²) < 4.78 is 4.89. The molecule has 1 aliphatic heterocycles. The van der Waals surface area contributed by atoms with Crippen LogP contribution in [-0.2, 0) is 9.53 Å². The molecule has 2 aliphatic rings. The third kappa shape index (κ3) is 0.897. The molecule has 0 bridgehead atoms. The van der Waals surface area contributed by atoms with Gasteiger partial charge in [0.25, 0.3) is 0 Å². The van der Waals surface area contributed by atoms with Gasteiger partial charge >= 0.3 is 0 Å². The van der Waals surface area contributed by atoms with Gasteiger partial charge in [-0.25, -0.2) is 0 Å². The first-order valence-corrected chi connectivity index (χ1v) is 3.27. The van der Waals surface area contributed by atoms with Gasteiger partial charge in [-0.2, -0.15) is 0 Å². The van der Waals surface area contributed by atoms with Crippen molar-refractivity contribution in [3.05, 3.63) is 35.6 Å². The van der Waals surface area contributed by atoms with Gasteiger partial charge in [0.2, 0.25) is 6.29 Å². The van der Waals surface area contributed by atoms with Crippen LogP contribution < -0.4 is 0 Å². The largest absolute Gasteiger partial charge is 0.461 e. The molecule has 0 saturated heterocycles. The van der Waals surface area contributed by atoms with E-state index in [2.05, 4.69) is 0 Å². The maximum Gasteiger partial charge on any atom is 0.218 e. The topological polar surface area (TPSA) is 46.5 Å². The highest BCUT2D eigenvalue weighted by Crippen LogP contribution is 2.25. The van der Waals surface area contributed by atoms with Gasteiger partial charge < -0.3 is 9.84 Å². The van der Waals surface area contributed by atoms with Crippen molar-refractivity contribution in [2.75, 3.05) is 0 Å². The molecular formula is C8H6O3. The number of hydrogen-bond donors (Lipinski definition) is 1. The third-order valence-electron chi connectivity index (χ3n) is 1.58. The van der Waals surface area contributed by atoms with Crippen molar-refractivity contribution >= 4 is 5.78 Å². The summed E-state index contributed by atoms with van der Waals surface area (Å²) in [4.78, 5) is 11.0. The number of hydrogen-bond acceptors (Lipinski definition) is 3. The summed E-state index contributed by atoms with van der Waals surface area (Å²) >= 11 is 0. The van der Waals surface area contributed by atoms with Crippen LogP contribution in [0.3, 0.4) is 0 Å². The van der Waals surface area contributed by atoms with E-state index < -0.39 is 6.29 Å². The minimum Gasteiger partial charge on any atom is -0.461 e. The van der Waals surface area contributed by atoms with Crippen LogP contribution in [0.1, 0.15) is 0 Å². The number of allylic oxidation sites excluding steroid dienone is 4. The van der Waals surface area contributed by atoms with Crippen molar-refractivity contribution < 1.29 is 14.6 Å². The zero-order chi connectivity index (χ0) is 7.84. The average molecular weight is 150 g/mol. The van der Waals surface area contributed by atoms with Gasteiger partial charge in [-0.3, -0.25) is 4.79 Å². The fraction of sp³-hybridized carbons (Fsp3) is 0.125. The van der Waals surface area contributed by atoms with Crippen molar-refractivity contribution in [1.29, 1.82) is 0 Å². The van der Waals surface area contributed by atoms with Crippen molar-refractivity contribution in [2.24, 2.45) is 0 Å². The summed E-state index contributed by atoms with van der Waals surface area (Å²) in [6.07, 6.45) is 5.14. The molecular weight excluding hydrogens is 144 g/mol. The molecule has 1 N–H and O–H groups in total. The second-order valence-corrected chi connectivity index (χ2v) is 2.34. The van der Waals surface area contributed by atoms with Gasteiger partial charge in [0.1, 0.15) is 5.76 Å². The summed E-state index contributed by atoms with van der Waals surface area (Å²) in [5, 5.41) is 8.96. The van der Waals surface area contributed by atoms with E-state index in [1.165, 1.54) is 12.2 Å². The summed E-state index contributed by atoms with van der Waals surface area (Å²) in [5.74, 6) is 0.351. The molecule has 3 nitrogen and oxygen atoms in total. The highest BCUT2D eigenvalue weighted by Gasteiger charge is 2.25. The fourth-order valence-corrected chi connectivity index (χ4v) is 1.10. The number of aliphatic hydroxyl groups is 1. The second kappa shape index (κ2) is 2.07. The van der Waals surface area contributed by atoms with Crippen molar-refractivity contribution in [3.8, 4) is 0 Å². The number of ether oxygens (including phenoxy) is 1.